The molecule has 29 heavy (non-hydrogen) atoms. The molecule has 6 heteroatoms. The number of likely N-dealkylation sites (tertiary alicyclic amines) is 1. The molecule has 2 aromatic rings. The number of aliphatic hydroxyl groups is 1. The minimum Gasteiger partial charge on any atom is -0.507 e. The quantitative estimate of drug-likeness (QED) is 0.461. The van der Waals surface area contributed by atoms with Crippen molar-refractivity contribution < 1.29 is 24.2 Å². The van der Waals surface area contributed by atoms with Crippen LogP contribution in [0.2, 0.25) is 0 Å². The van der Waals surface area contributed by atoms with Gasteiger partial charge in [0.25, 0.3) is 11.7 Å². The molecule has 0 bridgehead atoms. The van der Waals surface area contributed by atoms with Gasteiger partial charge in [-0.2, -0.15) is 0 Å². The number of hydrogen-bond acceptors (Lipinski definition) is 5. The zero-order valence-electron chi connectivity index (χ0n) is 17.1. The van der Waals surface area contributed by atoms with Gasteiger partial charge < -0.3 is 19.5 Å². The van der Waals surface area contributed by atoms with Crippen molar-refractivity contribution in [1.29, 1.82) is 0 Å². The number of carbonyl (C=O) groups is 2. The van der Waals surface area contributed by atoms with Crippen molar-refractivity contribution in [3.63, 3.8) is 0 Å². The van der Waals surface area contributed by atoms with E-state index in [4.69, 9.17) is 9.47 Å². The van der Waals surface area contributed by atoms with E-state index in [2.05, 4.69) is 0 Å². The maximum absolute atomic E-state index is 12.9. The number of rotatable bonds is 6. The van der Waals surface area contributed by atoms with Gasteiger partial charge in [-0.3, -0.25) is 9.59 Å². The molecular weight excluding hydrogens is 370 g/mol. The molecule has 3 rings (SSSR count). The zero-order valence-corrected chi connectivity index (χ0v) is 17.1. The molecule has 0 aromatic heterocycles. The number of benzene rings is 2. The largest absolute Gasteiger partial charge is 0.507 e. The first-order valence-corrected chi connectivity index (χ1v) is 9.38. The number of ether oxygens (including phenoxy) is 2. The highest BCUT2D eigenvalue weighted by Gasteiger charge is 2.45. The third-order valence-electron chi connectivity index (χ3n) is 5.16. The summed E-state index contributed by atoms with van der Waals surface area (Å²) in [6.07, 6.45) is 0. The van der Waals surface area contributed by atoms with Gasteiger partial charge in [0.1, 0.15) is 11.5 Å². The Balaban J connectivity index is 2.17. The second kappa shape index (κ2) is 8.49. The molecule has 0 radical (unpaired) electrons. The number of aliphatic hydroxyl groups excluding tert-OH is 1. The number of methoxy groups -OCH3 is 2. The first-order valence-electron chi connectivity index (χ1n) is 9.38. The molecule has 1 saturated heterocycles. The monoisotopic (exact) mass is 395 g/mol. The molecule has 6 nitrogen and oxygen atoms in total. The number of hydrogen-bond donors (Lipinski definition) is 1. The van der Waals surface area contributed by atoms with Crippen LogP contribution < -0.4 is 4.74 Å². The standard InChI is InChI=1S/C23H25NO5/c1-14-5-7-16(8-6-14)20-19(22(26)23(27)24(20)11-12-28-3)21(25)18-10-9-17(29-4)13-15(18)2/h5-10,13,20,25H,11-12H2,1-4H3. The maximum atomic E-state index is 12.9. The van der Waals surface area contributed by atoms with Crippen LogP contribution in [0.5, 0.6) is 5.75 Å². The van der Waals surface area contributed by atoms with Crippen molar-refractivity contribution in [3.8, 4) is 5.75 Å². The molecule has 0 aliphatic carbocycles. The van der Waals surface area contributed by atoms with Crippen LogP contribution in [-0.2, 0) is 14.3 Å². The molecule has 1 aliphatic rings. The summed E-state index contributed by atoms with van der Waals surface area (Å²) in [5.41, 5.74) is 3.15. The van der Waals surface area contributed by atoms with Crippen molar-refractivity contribution >= 4 is 17.4 Å². The van der Waals surface area contributed by atoms with Crippen LogP contribution in [0, 0.1) is 13.8 Å². The summed E-state index contributed by atoms with van der Waals surface area (Å²) >= 11 is 0. The number of aryl methyl sites for hydroxylation is 2. The number of ketones is 1. The van der Waals surface area contributed by atoms with E-state index < -0.39 is 17.7 Å². The Labute approximate surface area is 170 Å². The molecule has 1 heterocycles. The van der Waals surface area contributed by atoms with Gasteiger partial charge in [0.2, 0.25) is 0 Å². The Morgan fingerprint density at radius 1 is 1.07 bits per heavy atom. The fourth-order valence-electron chi connectivity index (χ4n) is 3.57. The van der Waals surface area contributed by atoms with Gasteiger partial charge in [-0.1, -0.05) is 29.8 Å². The minimum atomic E-state index is -0.695. The topological polar surface area (TPSA) is 76.1 Å². The molecular formula is C23H25NO5. The van der Waals surface area contributed by atoms with E-state index >= 15 is 0 Å². The summed E-state index contributed by atoms with van der Waals surface area (Å²) in [6, 6.07) is 12.1. The molecule has 1 fully saturated rings. The zero-order chi connectivity index (χ0) is 21.1. The molecule has 1 aliphatic heterocycles. The number of amides is 1. The smallest absolute Gasteiger partial charge is 0.295 e. The Morgan fingerprint density at radius 2 is 1.76 bits per heavy atom. The highest BCUT2D eigenvalue weighted by Crippen LogP contribution is 2.40. The summed E-state index contributed by atoms with van der Waals surface area (Å²) in [4.78, 5) is 27.1. The van der Waals surface area contributed by atoms with Crippen molar-refractivity contribution in [2.24, 2.45) is 0 Å². The van der Waals surface area contributed by atoms with Crippen LogP contribution in [0.3, 0.4) is 0 Å². The number of carbonyl (C=O) groups excluding carboxylic acids is 2. The Morgan fingerprint density at radius 3 is 2.34 bits per heavy atom. The lowest BCUT2D eigenvalue weighted by Gasteiger charge is -2.25. The predicted octanol–water partition coefficient (Wildman–Crippen LogP) is 3.38. The highest BCUT2D eigenvalue weighted by atomic mass is 16.5. The van der Waals surface area contributed by atoms with Crippen molar-refractivity contribution in [2.45, 2.75) is 19.9 Å². The average molecular weight is 395 g/mol. The predicted molar refractivity (Wildman–Crippen MR) is 110 cm³/mol. The third kappa shape index (κ3) is 3.89. The maximum Gasteiger partial charge on any atom is 0.295 e. The lowest BCUT2D eigenvalue weighted by Crippen LogP contribution is -2.32. The van der Waals surface area contributed by atoms with Crippen LogP contribution in [0.4, 0.5) is 0 Å². The summed E-state index contributed by atoms with van der Waals surface area (Å²) in [6.45, 7) is 4.32. The van der Waals surface area contributed by atoms with Crippen molar-refractivity contribution in [2.75, 3.05) is 27.4 Å². The van der Waals surface area contributed by atoms with Crippen LogP contribution in [0.1, 0.15) is 28.3 Å². The van der Waals surface area contributed by atoms with Crippen LogP contribution >= 0.6 is 0 Å². The lowest BCUT2D eigenvalue weighted by molar-refractivity contribution is -0.140. The Bertz CT molecular complexity index is 962. The molecule has 1 unspecified atom stereocenters. The van der Waals surface area contributed by atoms with E-state index in [1.54, 1.807) is 25.3 Å². The van der Waals surface area contributed by atoms with E-state index in [0.717, 1.165) is 16.7 Å². The van der Waals surface area contributed by atoms with E-state index in [1.807, 2.05) is 38.1 Å². The molecule has 1 amide bonds. The minimum absolute atomic E-state index is 0.0863. The third-order valence-corrected chi connectivity index (χ3v) is 5.16. The van der Waals surface area contributed by atoms with Crippen LogP contribution in [0.15, 0.2) is 48.0 Å². The molecule has 2 aromatic carbocycles. The van der Waals surface area contributed by atoms with E-state index in [9.17, 15) is 14.7 Å². The first kappa shape index (κ1) is 20.6. The second-order valence-corrected chi connectivity index (χ2v) is 7.08. The van der Waals surface area contributed by atoms with Crippen molar-refractivity contribution in [3.05, 3.63) is 70.3 Å². The van der Waals surface area contributed by atoms with E-state index in [1.165, 1.54) is 12.0 Å². The lowest BCUT2D eigenvalue weighted by atomic mass is 9.93. The first-order chi connectivity index (χ1) is 13.9. The van der Waals surface area contributed by atoms with Gasteiger partial charge in [0.05, 0.1) is 25.3 Å². The Hall–Kier alpha value is -3.12. The van der Waals surface area contributed by atoms with Gasteiger partial charge in [-0.25, -0.2) is 0 Å². The molecule has 0 saturated carbocycles. The van der Waals surface area contributed by atoms with Gasteiger partial charge in [0, 0.05) is 19.2 Å². The molecule has 152 valence electrons. The van der Waals surface area contributed by atoms with Gasteiger partial charge >= 0.3 is 0 Å². The summed E-state index contributed by atoms with van der Waals surface area (Å²) < 4.78 is 10.3. The Kier molecular flexibility index (Phi) is 6.03. The molecule has 1 N–H and O–H groups in total. The van der Waals surface area contributed by atoms with Crippen LogP contribution in [0.25, 0.3) is 5.76 Å². The summed E-state index contributed by atoms with van der Waals surface area (Å²) in [7, 11) is 3.10. The van der Waals surface area contributed by atoms with Gasteiger partial charge in [-0.05, 0) is 43.2 Å². The van der Waals surface area contributed by atoms with Gasteiger partial charge in [-0.15, -0.1) is 0 Å². The number of Topliss-reactive ketones (excluding diaryl/α,β-unsaturated/α-hetero) is 1. The van der Waals surface area contributed by atoms with E-state index in [-0.39, 0.29) is 24.5 Å². The molecule has 1 atom stereocenters. The normalized spacial score (nSPS) is 18.3. The molecule has 0 spiro atoms. The summed E-state index contributed by atoms with van der Waals surface area (Å²) in [5, 5.41) is 11.1. The average Bonchev–Trinajstić information content (AvgIpc) is 2.96. The van der Waals surface area contributed by atoms with Crippen LogP contribution in [-0.4, -0.2) is 49.1 Å². The fourth-order valence-corrected chi connectivity index (χ4v) is 3.57. The van der Waals surface area contributed by atoms with Crippen molar-refractivity contribution in [1.82, 2.24) is 4.90 Å². The summed E-state index contributed by atoms with van der Waals surface area (Å²) in [5.74, 6) is -0.872. The SMILES string of the molecule is COCCN1C(=O)C(=O)C(=C(O)c2ccc(OC)cc2C)C1c1ccc(C)cc1. The number of nitrogens with zero attached hydrogens (tertiary/aromatic N) is 1. The van der Waals surface area contributed by atoms with Gasteiger partial charge in [0.15, 0.2) is 0 Å². The fraction of sp³-hybridized carbons (Fsp3) is 0.304. The van der Waals surface area contributed by atoms with E-state index in [0.29, 0.717) is 11.3 Å². The highest BCUT2D eigenvalue weighted by molar-refractivity contribution is 6.46. The second-order valence-electron chi connectivity index (χ2n) is 7.08.